The van der Waals surface area contributed by atoms with E-state index in [1.165, 1.54) is 0 Å². The van der Waals surface area contributed by atoms with Gasteiger partial charge in [0.1, 0.15) is 15.8 Å². The van der Waals surface area contributed by atoms with E-state index >= 15 is 0 Å². The van der Waals surface area contributed by atoms with Crippen molar-refractivity contribution in [2.24, 2.45) is 0 Å². The number of hydrogen-bond donors (Lipinski definition) is 1. The van der Waals surface area contributed by atoms with Gasteiger partial charge in [0.05, 0.1) is 22.2 Å². The summed E-state index contributed by atoms with van der Waals surface area (Å²) in [5.74, 6) is 0.367. The minimum Gasteiger partial charge on any atom is -0.497 e. The monoisotopic (exact) mass is 441 g/mol. The highest BCUT2D eigenvalue weighted by atomic mass is 35.5. The number of nitrogens with one attached hydrogen (secondary N) is 1. The van der Waals surface area contributed by atoms with Crippen molar-refractivity contribution in [2.75, 3.05) is 13.7 Å². The van der Waals surface area contributed by atoms with Crippen molar-refractivity contribution in [3.05, 3.63) is 54.9 Å². The first-order valence-electron chi connectivity index (χ1n) is 6.89. The molecule has 25 heavy (non-hydrogen) atoms. The van der Waals surface area contributed by atoms with E-state index in [-0.39, 0.29) is 43.4 Å². The van der Waals surface area contributed by atoms with Gasteiger partial charge in [0.2, 0.25) is 0 Å². The first-order chi connectivity index (χ1) is 11.8. The molecule has 0 saturated carbocycles. The zero-order valence-corrected chi connectivity index (χ0v) is 16.6. The van der Waals surface area contributed by atoms with Crippen LogP contribution in [-0.2, 0) is 11.3 Å². The molecule has 4 nitrogen and oxygen atoms in total. The number of halogens is 5. The van der Waals surface area contributed by atoms with Crippen molar-refractivity contribution >= 4 is 63.9 Å². The standard InChI is InChI=1S/C16H12Cl5NO3/c1-24-9-4-2-8(3-5-9)6-22-10(23)7-25-16-14(20)12(18)11(17)13(19)15(16)21/h2-5H,6-7H2,1H3,(H,22,23). The first-order valence-corrected chi connectivity index (χ1v) is 8.78. The van der Waals surface area contributed by atoms with Crippen LogP contribution in [-0.4, -0.2) is 19.6 Å². The van der Waals surface area contributed by atoms with Gasteiger partial charge < -0.3 is 14.8 Å². The average molecular weight is 444 g/mol. The zero-order valence-electron chi connectivity index (χ0n) is 12.8. The summed E-state index contributed by atoms with van der Waals surface area (Å²) in [5, 5.41) is 2.72. The Bertz CT molecular complexity index is 751. The molecular weight excluding hydrogens is 431 g/mol. The molecule has 2 aromatic carbocycles. The quantitative estimate of drug-likeness (QED) is 0.463. The molecule has 2 rings (SSSR count). The number of hydrogen-bond acceptors (Lipinski definition) is 3. The molecule has 0 bridgehead atoms. The summed E-state index contributed by atoms with van der Waals surface area (Å²) in [6, 6.07) is 7.28. The van der Waals surface area contributed by atoms with Gasteiger partial charge >= 0.3 is 0 Å². The smallest absolute Gasteiger partial charge is 0.258 e. The van der Waals surface area contributed by atoms with Crippen LogP contribution in [0.2, 0.25) is 25.1 Å². The highest BCUT2D eigenvalue weighted by Crippen LogP contribution is 2.48. The van der Waals surface area contributed by atoms with E-state index in [9.17, 15) is 4.79 Å². The summed E-state index contributed by atoms with van der Waals surface area (Å²) in [5.41, 5.74) is 0.905. The fourth-order valence-electron chi connectivity index (χ4n) is 1.84. The minimum absolute atomic E-state index is 0.00216. The lowest BCUT2D eigenvalue weighted by molar-refractivity contribution is -0.123. The Labute approximate surface area is 169 Å². The molecule has 0 atom stereocenters. The van der Waals surface area contributed by atoms with Crippen molar-refractivity contribution in [3.8, 4) is 11.5 Å². The second-order valence-electron chi connectivity index (χ2n) is 4.81. The summed E-state index contributed by atoms with van der Waals surface area (Å²) >= 11 is 29.8. The molecule has 0 spiro atoms. The number of methoxy groups -OCH3 is 1. The van der Waals surface area contributed by atoms with E-state index in [1.807, 2.05) is 12.1 Å². The Morgan fingerprint density at radius 2 is 1.44 bits per heavy atom. The van der Waals surface area contributed by atoms with Gasteiger partial charge in [-0.2, -0.15) is 0 Å². The van der Waals surface area contributed by atoms with Gasteiger partial charge in [0, 0.05) is 6.54 Å². The van der Waals surface area contributed by atoms with Gasteiger partial charge in [-0.05, 0) is 17.7 Å². The van der Waals surface area contributed by atoms with E-state index in [4.69, 9.17) is 67.5 Å². The fourth-order valence-corrected chi connectivity index (χ4v) is 3.07. The van der Waals surface area contributed by atoms with Crippen LogP contribution in [0.5, 0.6) is 11.5 Å². The van der Waals surface area contributed by atoms with Gasteiger partial charge in [-0.25, -0.2) is 0 Å². The third-order valence-electron chi connectivity index (χ3n) is 3.17. The number of carbonyl (C=O) groups excluding carboxylic acids is 1. The number of ether oxygens (including phenoxy) is 2. The highest BCUT2D eigenvalue weighted by Gasteiger charge is 2.21. The van der Waals surface area contributed by atoms with Crippen LogP contribution in [0, 0.1) is 0 Å². The Kier molecular flexibility index (Phi) is 7.35. The molecule has 0 aliphatic carbocycles. The molecule has 1 N–H and O–H groups in total. The number of benzene rings is 2. The SMILES string of the molecule is COc1ccc(CNC(=O)COc2c(Cl)c(Cl)c(Cl)c(Cl)c2Cl)cc1. The van der Waals surface area contributed by atoms with Gasteiger partial charge in [0.15, 0.2) is 12.4 Å². The predicted octanol–water partition coefficient (Wildman–Crippen LogP) is 5.66. The Hall–Kier alpha value is -1.04. The highest BCUT2D eigenvalue weighted by molar-refractivity contribution is 6.55. The van der Waals surface area contributed by atoms with Crippen molar-refractivity contribution in [1.82, 2.24) is 5.32 Å². The zero-order chi connectivity index (χ0) is 18.6. The van der Waals surface area contributed by atoms with Gasteiger partial charge in [-0.3, -0.25) is 4.79 Å². The van der Waals surface area contributed by atoms with Crippen LogP contribution in [0.3, 0.4) is 0 Å². The van der Waals surface area contributed by atoms with Crippen molar-refractivity contribution in [1.29, 1.82) is 0 Å². The Morgan fingerprint density at radius 3 is 1.96 bits per heavy atom. The van der Waals surface area contributed by atoms with E-state index in [0.717, 1.165) is 11.3 Å². The maximum atomic E-state index is 11.9. The van der Waals surface area contributed by atoms with Gasteiger partial charge in [-0.15, -0.1) is 0 Å². The van der Waals surface area contributed by atoms with E-state index < -0.39 is 0 Å². The molecule has 9 heteroatoms. The summed E-state index contributed by atoms with van der Waals surface area (Å²) in [7, 11) is 1.58. The summed E-state index contributed by atoms with van der Waals surface area (Å²) in [6.45, 7) is 0.0136. The number of amides is 1. The maximum Gasteiger partial charge on any atom is 0.258 e. The molecule has 134 valence electrons. The number of rotatable bonds is 6. The molecule has 2 aromatic rings. The normalized spacial score (nSPS) is 10.5. The molecule has 1 amide bonds. The molecule has 0 aromatic heterocycles. The lowest BCUT2D eigenvalue weighted by Gasteiger charge is -2.13. The second-order valence-corrected chi connectivity index (χ2v) is 6.70. The van der Waals surface area contributed by atoms with Crippen molar-refractivity contribution in [3.63, 3.8) is 0 Å². The summed E-state index contributed by atoms with van der Waals surface area (Å²) in [4.78, 5) is 11.9. The van der Waals surface area contributed by atoms with Crippen LogP contribution >= 0.6 is 58.0 Å². The lowest BCUT2D eigenvalue weighted by atomic mass is 10.2. The average Bonchev–Trinajstić information content (AvgIpc) is 2.63. The summed E-state index contributed by atoms with van der Waals surface area (Å²) in [6.07, 6.45) is 0. The van der Waals surface area contributed by atoms with Crippen LogP contribution in [0.15, 0.2) is 24.3 Å². The summed E-state index contributed by atoms with van der Waals surface area (Å²) < 4.78 is 10.4. The molecule has 0 radical (unpaired) electrons. The molecule has 0 aliphatic rings. The third kappa shape index (κ3) is 4.99. The van der Waals surface area contributed by atoms with Gasteiger partial charge in [-0.1, -0.05) is 70.1 Å². The molecule has 0 heterocycles. The molecule has 0 saturated heterocycles. The minimum atomic E-state index is -0.370. The predicted molar refractivity (Wildman–Crippen MR) is 102 cm³/mol. The number of carbonyl (C=O) groups is 1. The third-order valence-corrected chi connectivity index (χ3v) is 5.41. The van der Waals surface area contributed by atoms with Crippen molar-refractivity contribution < 1.29 is 14.3 Å². The molecule has 0 aliphatic heterocycles. The van der Waals surface area contributed by atoms with E-state index in [0.29, 0.717) is 6.54 Å². The van der Waals surface area contributed by atoms with E-state index in [2.05, 4.69) is 5.32 Å². The molecular formula is C16H12Cl5NO3. The van der Waals surface area contributed by atoms with Crippen LogP contribution in [0.1, 0.15) is 5.56 Å². The first kappa shape index (κ1) is 20.3. The largest absolute Gasteiger partial charge is 0.497 e. The Balaban J connectivity index is 1.96. The van der Waals surface area contributed by atoms with Crippen molar-refractivity contribution in [2.45, 2.75) is 6.54 Å². The van der Waals surface area contributed by atoms with Crippen LogP contribution < -0.4 is 14.8 Å². The van der Waals surface area contributed by atoms with E-state index in [1.54, 1.807) is 19.2 Å². The lowest BCUT2D eigenvalue weighted by Crippen LogP contribution is -2.28. The van der Waals surface area contributed by atoms with Gasteiger partial charge in [0.25, 0.3) is 5.91 Å². The topological polar surface area (TPSA) is 47.6 Å². The molecule has 0 unspecified atom stereocenters. The Morgan fingerprint density at radius 1 is 0.920 bits per heavy atom. The fraction of sp³-hybridized carbons (Fsp3) is 0.188. The second kappa shape index (κ2) is 9.06. The maximum absolute atomic E-state index is 11.9. The van der Waals surface area contributed by atoms with Crippen LogP contribution in [0.4, 0.5) is 0 Å². The molecule has 0 fully saturated rings. The van der Waals surface area contributed by atoms with Crippen LogP contribution in [0.25, 0.3) is 0 Å².